The molecule has 0 aliphatic carbocycles. The molecule has 1 unspecified atom stereocenters. The maximum atomic E-state index is 13.4. The minimum atomic E-state index is -2.68. The zero-order valence-electron chi connectivity index (χ0n) is 14.1. The van der Waals surface area contributed by atoms with Gasteiger partial charge in [-0.05, 0) is 24.6 Å². The summed E-state index contributed by atoms with van der Waals surface area (Å²) in [5, 5.41) is 0. The average Bonchev–Trinajstić information content (AvgIpc) is 3.00. The number of imidazole rings is 1. The van der Waals surface area contributed by atoms with Crippen LogP contribution in [0.25, 0.3) is 11.4 Å². The zero-order valence-corrected chi connectivity index (χ0v) is 15.7. The Morgan fingerprint density at radius 1 is 1.50 bits per heavy atom. The van der Waals surface area contributed by atoms with Gasteiger partial charge in [-0.25, -0.2) is 13.8 Å². The second-order valence-corrected chi connectivity index (χ2v) is 6.82. The van der Waals surface area contributed by atoms with Gasteiger partial charge in [0.1, 0.15) is 30.0 Å². The number of fused-ring (bicyclic) bond motifs is 3. The molecular formula is C17H18BrF2N3O3. The fraction of sp³-hybridized carbons (Fsp3) is 0.412. The predicted octanol–water partition coefficient (Wildman–Crippen LogP) is 3.34. The Labute approximate surface area is 157 Å². The van der Waals surface area contributed by atoms with E-state index < -0.39 is 19.1 Å². The molecule has 9 heteroatoms. The summed E-state index contributed by atoms with van der Waals surface area (Å²) in [5.41, 5.74) is 0.797. The first-order valence-corrected chi connectivity index (χ1v) is 8.86. The molecule has 0 amide bonds. The van der Waals surface area contributed by atoms with E-state index in [1.54, 1.807) is 6.20 Å². The van der Waals surface area contributed by atoms with Gasteiger partial charge in [-0.1, -0.05) is 15.9 Å². The van der Waals surface area contributed by atoms with Gasteiger partial charge in [0.2, 0.25) is 0 Å². The molecule has 0 spiro atoms. The lowest BCUT2D eigenvalue weighted by atomic mass is 10.1. The van der Waals surface area contributed by atoms with Crippen LogP contribution in [-0.4, -0.2) is 48.8 Å². The summed E-state index contributed by atoms with van der Waals surface area (Å²) in [6.07, 6.45) is -0.177. The highest BCUT2D eigenvalue weighted by Gasteiger charge is 2.29. The van der Waals surface area contributed by atoms with E-state index in [0.717, 1.165) is 16.5 Å². The van der Waals surface area contributed by atoms with Crippen LogP contribution in [0, 0.1) is 0 Å². The molecule has 140 valence electrons. The number of nitrogens with zero attached hydrogens (tertiary/aromatic N) is 3. The number of benzene rings is 1. The van der Waals surface area contributed by atoms with E-state index in [-0.39, 0.29) is 6.47 Å². The molecule has 0 saturated heterocycles. The summed E-state index contributed by atoms with van der Waals surface area (Å²) >= 11 is 3.42. The highest BCUT2D eigenvalue weighted by Crippen LogP contribution is 2.35. The van der Waals surface area contributed by atoms with Crippen molar-refractivity contribution in [1.29, 1.82) is 0 Å². The summed E-state index contributed by atoms with van der Waals surface area (Å²) in [7, 11) is 1.51. The van der Waals surface area contributed by atoms with Crippen molar-refractivity contribution in [1.82, 2.24) is 9.55 Å². The van der Waals surface area contributed by atoms with Crippen molar-refractivity contribution in [2.24, 2.45) is 0 Å². The molecule has 0 fully saturated rings. The Morgan fingerprint density at radius 3 is 3.04 bits per heavy atom. The number of likely N-dealkylation sites (N-methyl/N-ethyl adjacent to an activating group) is 1. The number of ether oxygens (including phenoxy) is 2. The van der Waals surface area contributed by atoms with Gasteiger partial charge in [0, 0.05) is 24.3 Å². The van der Waals surface area contributed by atoms with E-state index in [1.165, 1.54) is 11.9 Å². The SMILES string of the molecule is CN(c1cn2c(n1)-c1ccc(Br)cc1OCCC2)C(COC=O)C(F)F. The minimum Gasteiger partial charge on any atom is -0.493 e. The van der Waals surface area contributed by atoms with Crippen LogP contribution in [0.4, 0.5) is 14.6 Å². The fourth-order valence-electron chi connectivity index (χ4n) is 2.84. The van der Waals surface area contributed by atoms with E-state index >= 15 is 0 Å². The normalized spacial score (nSPS) is 14.5. The molecule has 26 heavy (non-hydrogen) atoms. The average molecular weight is 430 g/mol. The lowest BCUT2D eigenvalue weighted by molar-refractivity contribution is -0.130. The van der Waals surface area contributed by atoms with Gasteiger partial charge in [-0.3, -0.25) is 4.79 Å². The lowest BCUT2D eigenvalue weighted by Gasteiger charge is -2.26. The van der Waals surface area contributed by atoms with E-state index in [9.17, 15) is 13.6 Å². The largest absolute Gasteiger partial charge is 0.493 e. The fourth-order valence-corrected chi connectivity index (χ4v) is 3.18. The molecule has 1 aliphatic rings. The quantitative estimate of drug-likeness (QED) is 0.659. The topological polar surface area (TPSA) is 56.6 Å². The van der Waals surface area contributed by atoms with Crippen LogP contribution in [0.1, 0.15) is 6.42 Å². The van der Waals surface area contributed by atoms with E-state index in [2.05, 4.69) is 25.7 Å². The molecule has 1 aromatic heterocycles. The Kier molecular flexibility index (Phi) is 5.75. The highest BCUT2D eigenvalue weighted by molar-refractivity contribution is 9.10. The third-order valence-corrected chi connectivity index (χ3v) is 4.73. The monoisotopic (exact) mass is 429 g/mol. The summed E-state index contributed by atoms with van der Waals surface area (Å²) in [4.78, 5) is 16.3. The smallest absolute Gasteiger partial charge is 0.293 e. The van der Waals surface area contributed by atoms with Crippen LogP contribution < -0.4 is 9.64 Å². The first-order chi connectivity index (χ1) is 12.5. The number of anilines is 1. The second kappa shape index (κ2) is 8.03. The Morgan fingerprint density at radius 2 is 2.31 bits per heavy atom. The summed E-state index contributed by atoms with van der Waals surface area (Å²) < 4.78 is 39.9. The number of carbonyl (C=O) groups excluding carboxylic acids is 1. The Balaban J connectivity index is 1.98. The molecular weight excluding hydrogens is 412 g/mol. The van der Waals surface area contributed by atoms with Gasteiger partial charge >= 0.3 is 0 Å². The summed E-state index contributed by atoms with van der Waals surface area (Å²) in [6.45, 7) is 0.975. The zero-order chi connectivity index (χ0) is 18.7. The third-order valence-electron chi connectivity index (χ3n) is 4.23. The molecule has 1 aliphatic heterocycles. The van der Waals surface area contributed by atoms with Crippen LogP contribution in [0.3, 0.4) is 0 Å². The number of alkyl halides is 2. The van der Waals surface area contributed by atoms with Crippen molar-refractivity contribution >= 4 is 28.2 Å². The van der Waals surface area contributed by atoms with Crippen molar-refractivity contribution in [3.63, 3.8) is 0 Å². The Hall–Kier alpha value is -2.16. The van der Waals surface area contributed by atoms with Crippen molar-refractivity contribution < 1.29 is 23.0 Å². The van der Waals surface area contributed by atoms with Crippen LogP contribution in [0.15, 0.2) is 28.9 Å². The van der Waals surface area contributed by atoms with E-state index in [4.69, 9.17) is 4.74 Å². The van der Waals surface area contributed by atoms with Crippen LogP contribution in [0.5, 0.6) is 5.75 Å². The molecule has 2 aromatic rings. The number of hydrogen-bond donors (Lipinski definition) is 0. The highest BCUT2D eigenvalue weighted by atomic mass is 79.9. The number of aromatic nitrogens is 2. The number of halogens is 3. The molecule has 0 bridgehead atoms. The van der Waals surface area contributed by atoms with Crippen LogP contribution >= 0.6 is 15.9 Å². The number of carbonyl (C=O) groups is 1. The third kappa shape index (κ3) is 3.82. The van der Waals surface area contributed by atoms with Gasteiger partial charge in [0.15, 0.2) is 0 Å². The summed E-state index contributed by atoms with van der Waals surface area (Å²) in [5.74, 6) is 1.73. The van der Waals surface area contributed by atoms with Crippen molar-refractivity contribution in [2.75, 3.05) is 25.2 Å². The van der Waals surface area contributed by atoms with Crippen molar-refractivity contribution in [2.45, 2.75) is 25.4 Å². The standard InChI is InChI=1S/C17H18BrF2N3O3/c1-22(13(16(19)20)9-25-10-24)15-8-23-5-2-6-26-14-7-11(18)3-4-12(14)17(23)21-15/h3-4,7-8,10,13,16H,2,5-6,9H2,1H3. The van der Waals surface area contributed by atoms with Gasteiger partial charge < -0.3 is 18.9 Å². The molecule has 0 N–H and O–H groups in total. The van der Waals surface area contributed by atoms with Crippen molar-refractivity contribution in [3.05, 3.63) is 28.9 Å². The first kappa shape index (κ1) is 18.6. The number of hydrogen-bond acceptors (Lipinski definition) is 5. The first-order valence-electron chi connectivity index (χ1n) is 8.07. The van der Waals surface area contributed by atoms with Gasteiger partial charge in [-0.15, -0.1) is 0 Å². The molecule has 6 nitrogen and oxygen atoms in total. The lowest BCUT2D eigenvalue weighted by Crippen LogP contribution is -2.41. The van der Waals surface area contributed by atoms with Gasteiger partial charge in [-0.2, -0.15) is 0 Å². The Bertz CT molecular complexity index is 785. The molecule has 0 saturated carbocycles. The van der Waals surface area contributed by atoms with Gasteiger partial charge in [0.25, 0.3) is 12.9 Å². The maximum absolute atomic E-state index is 13.4. The van der Waals surface area contributed by atoms with Crippen LogP contribution in [-0.2, 0) is 16.1 Å². The molecule has 2 heterocycles. The van der Waals surface area contributed by atoms with Crippen molar-refractivity contribution in [3.8, 4) is 17.1 Å². The molecule has 1 atom stereocenters. The van der Waals surface area contributed by atoms with Gasteiger partial charge in [0.05, 0.1) is 12.2 Å². The van der Waals surface area contributed by atoms with E-state index in [0.29, 0.717) is 30.5 Å². The molecule has 1 aromatic carbocycles. The van der Waals surface area contributed by atoms with E-state index in [1.807, 2.05) is 22.8 Å². The molecule has 3 rings (SSSR count). The number of rotatable bonds is 6. The second-order valence-electron chi connectivity index (χ2n) is 5.90. The predicted molar refractivity (Wildman–Crippen MR) is 95.7 cm³/mol. The van der Waals surface area contributed by atoms with Crippen LogP contribution in [0.2, 0.25) is 0 Å². The summed E-state index contributed by atoms with van der Waals surface area (Å²) in [6, 6.07) is 4.35. The molecule has 0 radical (unpaired) electrons. The maximum Gasteiger partial charge on any atom is 0.293 e. The minimum absolute atomic E-state index is 0.168. The number of aryl methyl sites for hydroxylation is 1.